The Balaban J connectivity index is 2.48. The molecule has 0 radical (unpaired) electrons. The van der Waals surface area contributed by atoms with Crippen molar-refractivity contribution in [2.45, 2.75) is 13.0 Å². The average molecular weight is 220 g/mol. The van der Waals surface area contributed by atoms with Crippen molar-refractivity contribution in [2.75, 3.05) is 0 Å². The number of pyridine rings is 1. The van der Waals surface area contributed by atoms with Crippen LogP contribution >= 0.6 is 0 Å². The lowest BCUT2D eigenvalue weighted by Gasteiger charge is -2.04. The van der Waals surface area contributed by atoms with Crippen LogP contribution in [-0.2, 0) is 0 Å². The van der Waals surface area contributed by atoms with E-state index >= 15 is 0 Å². The minimum Gasteiger partial charge on any atom is -0.256 e. The van der Waals surface area contributed by atoms with Crippen LogP contribution in [0.25, 0.3) is 11.3 Å². The van der Waals surface area contributed by atoms with Gasteiger partial charge in [0.25, 0.3) is 0 Å². The van der Waals surface area contributed by atoms with Gasteiger partial charge >= 0.3 is 0 Å². The van der Waals surface area contributed by atoms with Crippen molar-refractivity contribution in [3.63, 3.8) is 0 Å². The minimum atomic E-state index is -4.47. The molecule has 0 fully saturated rings. The summed E-state index contributed by atoms with van der Waals surface area (Å²) in [5.74, 6) is 0. The van der Waals surface area contributed by atoms with E-state index < -0.39 is 21.7 Å². The fourth-order valence-corrected chi connectivity index (χ4v) is 1.77. The van der Waals surface area contributed by atoms with Crippen LogP contribution in [0, 0.1) is 0 Å². The highest BCUT2D eigenvalue weighted by molar-refractivity contribution is 6.70. The summed E-state index contributed by atoms with van der Waals surface area (Å²) in [5.41, 5.74) is 1.45. The van der Waals surface area contributed by atoms with E-state index in [0.717, 1.165) is 5.56 Å². The van der Waals surface area contributed by atoms with E-state index in [1.807, 2.05) is 30.3 Å². The lowest BCUT2D eigenvalue weighted by atomic mass is 10.1. The van der Waals surface area contributed by atoms with E-state index in [1.165, 1.54) is 12.3 Å². The second kappa shape index (κ2) is 4.40. The van der Waals surface area contributed by atoms with E-state index in [4.69, 9.17) is 9.46 Å². The van der Waals surface area contributed by atoms with Crippen molar-refractivity contribution in [3.8, 4) is 11.3 Å². The normalized spacial score (nSPS) is 19.9. The maximum Gasteiger partial charge on any atom is 0.0701 e. The largest absolute Gasteiger partial charge is 0.256 e. The summed E-state index contributed by atoms with van der Waals surface area (Å²) in [6, 6.07) is 12.2. The highest BCUT2D eigenvalue weighted by Gasteiger charge is 2.02. The summed E-state index contributed by atoms with van der Waals surface area (Å²) in [6.45, 7) is -5.71. The molecule has 1 aromatic heterocycles. The molecule has 0 aliphatic heterocycles. The summed E-state index contributed by atoms with van der Waals surface area (Å²) in [5, 5.41) is -0.00724. The van der Waals surface area contributed by atoms with Gasteiger partial charge in [-0.25, -0.2) is 0 Å². The highest BCUT2D eigenvalue weighted by atomic mass is 28.3. The number of rotatable bonds is 2. The SMILES string of the molecule is [2H]C([2H])([2H])[Si]([2H])(c1ccc(-c2ccccc2)nc1)C([2H])([2H])[2H]. The summed E-state index contributed by atoms with van der Waals surface area (Å²) in [4.78, 5) is 4.16. The number of nitrogens with zero attached hydrogens (tertiary/aromatic N) is 1. The second-order valence-electron chi connectivity index (χ2n) is 3.17. The van der Waals surface area contributed by atoms with E-state index in [9.17, 15) is 0 Å². The molecule has 1 nitrogen and oxygen atoms in total. The van der Waals surface area contributed by atoms with Crippen LogP contribution < -0.4 is 5.19 Å². The summed E-state index contributed by atoms with van der Waals surface area (Å²) in [6.07, 6.45) is 1.22. The molecular weight excluding hydrogens is 198 g/mol. The predicted octanol–water partition coefficient (Wildman–Crippen LogP) is 2.44. The van der Waals surface area contributed by atoms with Crippen LogP contribution in [0.15, 0.2) is 48.7 Å². The third-order valence-corrected chi connectivity index (χ3v) is 2.99. The van der Waals surface area contributed by atoms with Crippen molar-refractivity contribution < 1.29 is 8.22 Å². The predicted molar refractivity (Wildman–Crippen MR) is 68.2 cm³/mol. The topological polar surface area (TPSA) is 12.9 Å². The molecule has 15 heavy (non-hydrogen) atoms. The maximum absolute atomic E-state index is 8.21. The molecule has 0 spiro atoms. The average Bonchev–Trinajstić information content (AvgIpc) is 2.45. The molecule has 2 rings (SSSR count). The molecule has 2 heteroatoms. The van der Waals surface area contributed by atoms with Crippen molar-refractivity contribution >= 4 is 13.9 Å². The van der Waals surface area contributed by atoms with Gasteiger partial charge in [-0.15, -0.1) is 0 Å². The standard InChI is InChI=1S/C13H15NSi/c1-15(2)12-8-9-13(14-10-12)11-6-4-3-5-7-11/h3-10,15H,1-2H3/i1D3,2D3,15D. The molecule has 0 aliphatic rings. The molecule has 76 valence electrons. The Hall–Kier alpha value is -1.41. The zero-order valence-electron chi connectivity index (χ0n) is 15.1. The molecule has 0 unspecified atom stereocenters. The Morgan fingerprint density at radius 2 is 1.93 bits per heavy atom. The van der Waals surface area contributed by atoms with Gasteiger partial charge in [0, 0.05) is 21.2 Å². The molecule has 1 aromatic carbocycles. The van der Waals surface area contributed by atoms with Gasteiger partial charge in [-0.05, 0) is 11.3 Å². The summed E-state index contributed by atoms with van der Waals surface area (Å²) >= 11 is 0. The van der Waals surface area contributed by atoms with Crippen molar-refractivity contribution in [1.82, 2.24) is 4.98 Å². The number of aromatic nitrogens is 1. The lowest BCUT2D eigenvalue weighted by molar-refractivity contribution is 1.34. The first-order chi connectivity index (χ1) is 10.1. The molecule has 0 amide bonds. The van der Waals surface area contributed by atoms with Gasteiger partial charge in [-0.3, -0.25) is 4.98 Å². The molecule has 0 aliphatic carbocycles. The van der Waals surface area contributed by atoms with Gasteiger partial charge in [-0.1, -0.05) is 49.3 Å². The zero-order valence-corrected chi connectivity index (χ0v) is 9.07. The van der Waals surface area contributed by atoms with Crippen LogP contribution in [0.2, 0.25) is 13.0 Å². The second-order valence-corrected chi connectivity index (χ2v) is 4.50. The Labute approximate surface area is 102 Å². The van der Waals surface area contributed by atoms with E-state index in [1.54, 1.807) is 6.07 Å². The van der Waals surface area contributed by atoms with Crippen LogP contribution in [0.4, 0.5) is 0 Å². The third kappa shape index (κ3) is 2.33. The summed E-state index contributed by atoms with van der Waals surface area (Å²) < 4.78 is 53.3. The van der Waals surface area contributed by atoms with Gasteiger partial charge in [0.05, 0.1) is 14.4 Å². The fourth-order valence-electron chi connectivity index (χ4n) is 1.32. The number of benzene rings is 1. The van der Waals surface area contributed by atoms with Crippen LogP contribution in [0.1, 0.15) is 8.22 Å². The van der Waals surface area contributed by atoms with Crippen LogP contribution in [-0.4, -0.2) is 14.9 Å². The first-order valence-corrected chi connectivity index (χ1v) is 6.09. The van der Waals surface area contributed by atoms with Gasteiger partial charge in [-0.2, -0.15) is 0 Å². The molecule has 0 atom stereocenters. The van der Waals surface area contributed by atoms with Gasteiger partial charge in [0.15, 0.2) is 0 Å². The lowest BCUT2D eigenvalue weighted by Crippen LogP contribution is -2.22. The Kier molecular flexibility index (Phi) is 1.36. The van der Waals surface area contributed by atoms with E-state index in [0.29, 0.717) is 5.69 Å². The highest BCUT2D eigenvalue weighted by Crippen LogP contribution is 2.14. The molecule has 0 bridgehead atoms. The van der Waals surface area contributed by atoms with Gasteiger partial charge in [0.1, 0.15) is 0 Å². The molecule has 0 saturated carbocycles. The maximum atomic E-state index is 8.21. The van der Waals surface area contributed by atoms with Crippen LogP contribution in [0.3, 0.4) is 0 Å². The number of hydrogen-bond donors (Lipinski definition) is 0. The smallest absolute Gasteiger partial charge is 0.0701 e. The van der Waals surface area contributed by atoms with Crippen molar-refractivity contribution in [3.05, 3.63) is 48.7 Å². The van der Waals surface area contributed by atoms with Gasteiger partial charge in [0.2, 0.25) is 0 Å². The Morgan fingerprint density at radius 3 is 2.53 bits per heavy atom. The number of hydrogen-bond acceptors (Lipinski definition) is 1. The third-order valence-electron chi connectivity index (χ3n) is 2.12. The van der Waals surface area contributed by atoms with Gasteiger partial charge < -0.3 is 0 Å². The molecule has 0 N–H and O–H groups in total. The molecule has 0 saturated heterocycles. The Bertz CT molecular complexity index is 620. The molecular formula is C13H15NSi. The first kappa shape index (κ1) is 4.62. The zero-order chi connectivity index (χ0) is 16.6. The van der Waals surface area contributed by atoms with Crippen LogP contribution in [0.5, 0.6) is 0 Å². The quantitative estimate of drug-likeness (QED) is 0.708. The Morgan fingerprint density at radius 1 is 1.13 bits per heavy atom. The van der Waals surface area contributed by atoms with Crippen molar-refractivity contribution in [1.29, 1.82) is 1.23 Å². The van der Waals surface area contributed by atoms with Crippen molar-refractivity contribution in [2.24, 2.45) is 0 Å². The fraction of sp³-hybridized carbons (Fsp3) is 0.154. The van der Waals surface area contributed by atoms with E-state index in [-0.39, 0.29) is 5.19 Å². The molecule has 1 heterocycles. The minimum absolute atomic E-state index is 0.00724. The van der Waals surface area contributed by atoms with E-state index in [2.05, 4.69) is 4.98 Å². The monoisotopic (exact) mass is 220 g/mol. The summed E-state index contributed by atoms with van der Waals surface area (Å²) in [7, 11) is -4.47. The molecule has 2 aromatic rings. The first-order valence-electron chi connectivity index (χ1n) is 8.09.